The standard InChI is InChI=1S/C77H150O17P2/c1-7-10-12-14-16-34-43-49-55-61-76(81)93-72(65-87-74(79)59-53-47-39-15-13-11-8-2)67-91-95(83,84)89-63-71(78)64-90-96(85,86)92-68-73(66-88-75(80)60-54-48-42-37-32-28-25-21-22-26-30-35-40-45-51-57-69(4)5)94-77(82)62-56-50-44-38-33-29-24-20-18-17-19-23-27-31-36-41-46-52-58-70(6)9-3/h69-73,78H,7-68H2,1-6H3,(H,83,84)(H,85,86)/t70?,71-,72+,73+/m0/s1. The van der Waals surface area contributed by atoms with Crippen LogP contribution in [0.1, 0.15) is 401 Å². The monoisotopic (exact) mass is 1410 g/mol. The fraction of sp³-hybridized carbons (Fsp3) is 0.948. The minimum atomic E-state index is -4.96. The summed E-state index contributed by atoms with van der Waals surface area (Å²) in [6, 6.07) is 0. The topological polar surface area (TPSA) is 237 Å². The molecular weight excluding hydrogens is 1260 g/mol. The molecule has 0 amide bonds. The number of phosphoric ester groups is 2. The molecule has 0 heterocycles. The Balaban J connectivity index is 5.13. The minimum Gasteiger partial charge on any atom is -0.462 e. The van der Waals surface area contributed by atoms with Crippen LogP contribution in [0.3, 0.4) is 0 Å². The van der Waals surface area contributed by atoms with Gasteiger partial charge in [0, 0.05) is 25.7 Å². The summed E-state index contributed by atoms with van der Waals surface area (Å²) in [5.41, 5.74) is 0. The van der Waals surface area contributed by atoms with Gasteiger partial charge in [-0.3, -0.25) is 37.3 Å². The fourth-order valence-corrected chi connectivity index (χ4v) is 13.4. The Labute approximate surface area is 588 Å². The number of phosphoric acid groups is 2. The highest BCUT2D eigenvalue weighted by atomic mass is 31.2. The third-order valence-corrected chi connectivity index (χ3v) is 20.2. The van der Waals surface area contributed by atoms with E-state index in [0.717, 1.165) is 115 Å². The molecular formula is C77H150O17P2. The van der Waals surface area contributed by atoms with E-state index >= 15 is 0 Å². The van der Waals surface area contributed by atoms with E-state index in [9.17, 15) is 43.2 Å². The molecule has 0 aliphatic carbocycles. The first-order valence-electron chi connectivity index (χ1n) is 40.0. The number of hydrogen-bond donors (Lipinski definition) is 3. The quantitative estimate of drug-likeness (QED) is 0.0222. The van der Waals surface area contributed by atoms with E-state index in [2.05, 4.69) is 41.5 Å². The van der Waals surface area contributed by atoms with Crippen molar-refractivity contribution >= 4 is 39.5 Å². The molecule has 96 heavy (non-hydrogen) atoms. The lowest BCUT2D eigenvalue weighted by atomic mass is 9.99. The van der Waals surface area contributed by atoms with Crippen LogP contribution in [0.5, 0.6) is 0 Å². The molecule has 3 N–H and O–H groups in total. The Morgan fingerprint density at radius 3 is 0.792 bits per heavy atom. The molecule has 0 saturated heterocycles. The van der Waals surface area contributed by atoms with E-state index in [1.165, 1.54) is 205 Å². The van der Waals surface area contributed by atoms with E-state index in [1.807, 2.05) is 0 Å². The predicted octanol–water partition coefficient (Wildman–Crippen LogP) is 22.7. The van der Waals surface area contributed by atoms with E-state index in [-0.39, 0.29) is 25.7 Å². The molecule has 19 heteroatoms. The fourth-order valence-electron chi connectivity index (χ4n) is 11.8. The zero-order chi connectivity index (χ0) is 70.7. The molecule has 570 valence electrons. The van der Waals surface area contributed by atoms with Crippen LogP contribution in [0.25, 0.3) is 0 Å². The second kappa shape index (κ2) is 68.8. The highest BCUT2D eigenvalue weighted by Crippen LogP contribution is 2.45. The molecule has 0 fully saturated rings. The van der Waals surface area contributed by atoms with Gasteiger partial charge < -0.3 is 33.8 Å². The van der Waals surface area contributed by atoms with Gasteiger partial charge in [-0.2, -0.15) is 0 Å². The first kappa shape index (κ1) is 94.1. The molecule has 0 aromatic rings. The van der Waals surface area contributed by atoms with Gasteiger partial charge in [0.25, 0.3) is 0 Å². The lowest BCUT2D eigenvalue weighted by Gasteiger charge is -2.21. The number of carbonyl (C=O) groups excluding carboxylic acids is 4. The summed E-state index contributed by atoms with van der Waals surface area (Å²) < 4.78 is 68.3. The molecule has 0 radical (unpaired) electrons. The molecule has 0 saturated carbocycles. The van der Waals surface area contributed by atoms with Gasteiger partial charge in [0.2, 0.25) is 0 Å². The van der Waals surface area contributed by atoms with Crippen molar-refractivity contribution in [1.82, 2.24) is 0 Å². The Morgan fingerprint density at radius 1 is 0.302 bits per heavy atom. The van der Waals surface area contributed by atoms with Crippen molar-refractivity contribution in [2.24, 2.45) is 11.8 Å². The third kappa shape index (κ3) is 69.2. The number of aliphatic hydroxyl groups excluding tert-OH is 1. The Bertz CT molecular complexity index is 1860. The van der Waals surface area contributed by atoms with Gasteiger partial charge in [-0.05, 0) is 37.5 Å². The van der Waals surface area contributed by atoms with Gasteiger partial charge in [0.05, 0.1) is 26.4 Å². The van der Waals surface area contributed by atoms with Crippen molar-refractivity contribution in [1.29, 1.82) is 0 Å². The average Bonchev–Trinajstić information content (AvgIpc) is 1.32. The normalized spacial score (nSPS) is 14.3. The molecule has 0 aliphatic heterocycles. The van der Waals surface area contributed by atoms with Crippen LogP contribution in [0.2, 0.25) is 0 Å². The van der Waals surface area contributed by atoms with Gasteiger partial charge in [-0.1, -0.05) is 350 Å². The molecule has 0 aromatic carbocycles. The van der Waals surface area contributed by atoms with Crippen molar-refractivity contribution in [2.75, 3.05) is 39.6 Å². The van der Waals surface area contributed by atoms with Crippen LogP contribution in [-0.2, 0) is 65.4 Å². The number of hydrogen-bond acceptors (Lipinski definition) is 15. The Kier molecular flexibility index (Phi) is 67.4. The summed E-state index contributed by atoms with van der Waals surface area (Å²) in [7, 11) is -9.90. The summed E-state index contributed by atoms with van der Waals surface area (Å²) in [5, 5.41) is 10.6. The third-order valence-electron chi connectivity index (χ3n) is 18.3. The summed E-state index contributed by atoms with van der Waals surface area (Å²) >= 11 is 0. The number of rotatable bonds is 76. The molecule has 0 aromatic heterocycles. The smallest absolute Gasteiger partial charge is 0.462 e. The summed E-state index contributed by atoms with van der Waals surface area (Å²) in [6.45, 7) is 9.63. The highest BCUT2D eigenvalue weighted by molar-refractivity contribution is 7.47. The second-order valence-electron chi connectivity index (χ2n) is 28.5. The predicted molar refractivity (Wildman–Crippen MR) is 391 cm³/mol. The molecule has 0 rings (SSSR count). The van der Waals surface area contributed by atoms with E-state index in [4.69, 9.17) is 37.0 Å². The highest BCUT2D eigenvalue weighted by Gasteiger charge is 2.30. The van der Waals surface area contributed by atoms with E-state index in [1.54, 1.807) is 0 Å². The van der Waals surface area contributed by atoms with Gasteiger partial charge in [-0.25, -0.2) is 9.13 Å². The zero-order valence-electron chi connectivity index (χ0n) is 62.7. The largest absolute Gasteiger partial charge is 0.472 e. The van der Waals surface area contributed by atoms with Crippen molar-refractivity contribution in [2.45, 2.75) is 419 Å². The van der Waals surface area contributed by atoms with Crippen LogP contribution < -0.4 is 0 Å². The number of esters is 4. The van der Waals surface area contributed by atoms with E-state index < -0.39 is 97.5 Å². The lowest BCUT2D eigenvalue weighted by molar-refractivity contribution is -0.161. The molecule has 17 nitrogen and oxygen atoms in total. The van der Waals surface area contributed by atoms with Crippen molar-refractivity contribution < 1.29 is 80.2 Å². The van der Waals surface area contributed by atoms with E-state index in [0.29, 0.717) is 25.7 Å². The van der Waals surface area contributed by atoms with Crippen molar-refractivity contribution in [3.63, 3.8) is 0 Å². The summed E-state index contributed by atoms with van der Waals surface area (Å²) in [5.74, 6) is -0.444. The van der Waals surface area contributed by atoms with Gasteiger partial charge in [0.15, 0.2) is 12.2 Å². The van der Waals surface area contributed by atoms with Crippen LogP contribution in [0.4, 0.5) is 0 Å². The van der Waals surface area contributed by atoms with Crippen molar-refractivity contribution in [3.05, 3.63) is 0 Å². The molecule has 6 atom stereocenters. The molecule has 0 aliphatic rings. The first-order valence-corrected chi connectivity index (χ1v) is 43.0. The second-order valence-corrected chi connectivity index (χ2v) is 31.4. The summed E-state index contributed by atoms with van der Waals surface area (Å²) in [4.78, 5) is 72.6. The maximum Gasteiger partial charge on any atom is 0.472 e. The molecule has 3 unspecified atom stereocenters. The molecule has 0 bridgehead atoms. The van der Waals surface area contributed by atoms with Gasteiger partial charge in [-0.15, -0.1) is 0 Å². The number of unbranched alkanes of at least 4 members (excludes halogenated alkanes) is 45. The Morgan fingerprint density at radius 2 is 0.531 bits per heavy atom. The molecule has 0 spiro atoms. The van der Waals surface area contributed by atoms with Crippen LogP contribution in [0.15, 0.2) is 0 Å². The van der Waals surface area contributed by atoms with Gasteiger partial charge >= 0.3 is 39.5 Å². The summed E-state index contributed by atoms with van der Waals surface area (Å²) in [6.07, 6.45) is 57.1. The number of carbonyl (C=O) groups is 4. The average molecular weight is 1410 g/mol. The van der Waals surface area contributed by atoms with Gasteiger partial charge in [0.1, 0.15) is 19.3 Å². The Hall–Kier alpha value is -1.94. The maximum absolute atomic E-state index is 13.1. The van der Waals surface area contributed by atoms with Crippen molar-refractivity contribution in [3.8, 4) is 0 Å². The minimum absolute atomic E-state index is 0.106. The first-order chi connectivity index (χ1) is 46.4. The zero-order valence-corrected chi connectivity index (χ0v) is 64.5. The van der Waals surface area contributed by atoms with Crippen LogP contribution in [-0.4, -0.2) is 96.7 Å². The number of aliphatic hydroxyl groups is 1. The van der Waals surface area contributed by atoms with Crippen LogP contribution >= 0.6 is 15.6 Å². The maximum atomic E-state index is 13.1. The lowest BCUT2D eigenvalue weighted by Crippen LogP contribution is -2.30. The van der Waals surface area contributed by atoms with Crippen LogP contribution in [0, 0.1) is 11.8 Å². The number of ether oxygens (including phenoxy) is 4. The SMILES string of the molecule is CCCCCCCCCCCC(=O)O[C@H](COC(=O)CCCCCCCCC)COP(=O)(O)OC[C@H](O)COP(=O)(O)OC[C@@H](COC(=O)CCCCCCCCCCCCCCCCCC(C)C)OC(=O)CCCCCCCCCCCCCCCCCCCCC(C)CC.